The van der Waals surface area contributed by atoms with Gasteiger partial charge in [0.15, 0.2) is 0 Å². The summed E-state index contributed by atoms with van der Waals surface area (Å²) in [4.78, 5) is 30.8. The van der Waals surface area contributed by atoms with Crippen molar-refractivity contribution >= 4 is 12.1 Å². The number of halogens is 2. The van der Waals surface area contributed by atoms with Gasteiger partial charge in [0, 0.05) is 0 Å². The second-order valence-corrected chi connectivity index (χ2v) is 8.90. The minimum Gasteiger partial charge on any atom is -0.461 e. The number of aliphatic hydroxyl groups is 1. The number of esters is 1. The van der Waals surface area contributed by atoms with Gasteiger partial charge < -0.3 is 14.6 Å². The first-order chi connectivity index (χ1) is 13.2. The van der Waals surface area contributed by atoms with E-state index in [1.165, 1.54) is 19.9 Å². The van der Waals surface area contributed by atoms with Crippen LogP contribution in [0.1, 0.15) is 34.6 Å². The number of rotatable bonds is 6. The number of fused-ring (bicyclic) bond motifs is 1. The number of aliphatic hydroxyl groups excluding tert-OH is 1. The highest BCUT2D eigenvalue weighted by Gasteiger charge is 2.63. The molecule has 3 unspecified atom stereocenters. The molecule has 0 aromatic heterocycles. The predicted molar refractivity (Wildman–Crippen MR) is 99.1 cm³/mol. The van der Waals surface area contributed by atoms with Crippen LogP contribution in [0.4, 0.5) is 13.6 Å². The molecule has 0 bridgehead atoms. The molecule has 0 spiro atoms. The molecule has 2 rings (SSSR count). The lowest BCUT2D eigenvalue weighted by molar-refractivity contribution is -0.203. The Bertz CT molecular complexity index is 649. The molecule has 166 valence electrons. The van der Waals surface area contributed by atoms with Gasteiger partial charge in [-0.25, -0.2) is 13.6 Å². The summed E-state index contributed by atoms with van der Waals surface area (Å²) in [5.41, 5.74) is -2.18. The van der Waals surface area contributed by atoms with Crippen molar-refractivity contribution in [1.82, 2.24) is 9.96 Å². The number of amides is 1. The largest absolute Gasteiger partial charge is 0.461 e. The molecule has 1 amide bonds. The van der Waals surface area contributed by atoms with Crippen LogP contribution in [0.2, 0.25) is 0 Å². The Morgan fingerprint density at radius 2 is 1.97 bits per heavy atom. The Balaban J connectivity index is 2.11. The lowest BCUT2D eigenvalue weighted by Crippen LogP contribution is -2.51. The van der Waals surface area contributed by atoms with Crippen LogP contribution in [0.25, 0.3) is 0 Å². The summed E-state index contributed by atoms with van der Waals surface area (Å²) in [5.74, 6) is -3.96. The quantitative estimate of drug-likeness (QED) is 0.519. The van der Waals surface area contributed by atoms with Crippen molar-refractivity contribution < 1.29 is 37.8 Å². The summed E-state index contributed by atoms with van der Waals surface area (Å²) in [6.07, 6.45) is -0.798. The zero-order valence-corrected chi connectivity index (χ0v) is 17.5. The average molecular weight is 420 g/mol. The summed E-state index contributed by atoms with van der Waals surface area (Å²) in [6.45, 7) is 9.96. The Morgan fingerprint density at radius 1 is 1.34 bits per heavy atom. The molecule has 2 fully saturated rings. The van der Waals surface area contributed by atoms with E-state index in [0.29, 0.717) is 0 Å². The van der Waals surface area contributed by atoms with Crippen molar-refractivity contribution in [1.29, 1.82) is 0 Å². The van der Waals surface area contributed by atoms with E-state index < -0.39 is 53.7 Å². The van der Waals surface area contributed by atoms with Crippen LogP contribution < -0.4 is 0 Å². The lowest BCUT2D eigenvalue weighted by Gasteiger charge is -2.33. The van der Waals surface area contributed by atoms with Crippen LogP contribution in [0.15, 0.2) is 12.7 Å². The normalized spacial score (nSPS) is 25.4. The standard InChI is InChI=1S/C19H30F2N2O6/c1-7-8-27-15(25)18(5,6)13(24)9-23-14-12(10-28-23)22(11-19(14,20)21)16(26)29-17(2,3)4/h7,12-14,24H,1,8-11H2,2-6H3. The first-order valence-corrected chi connectivity index (χ1v) is 9.44. The number of carbonyl (C=O) groups excluding carboxylic acids is 2. The van der Waals surface area contributed by atoms with E-state index >= 15 is 0 Å². The fraction of sp³-hybridized carbons (Fsp3) is 0.789. The Morgan fingerprint density at radius 3 is 2.52 bits per heavy atom. The topological polar surface area (TPSA) is 88.5 Å². The van der Waals surface area contributed by atoms with E-state index in [9.17, 15) is 23.5 Å². The maximum atomic E-state index is 14.7. The number of hydrogen-bond acceptors (Lipinski definition) is 7. The van der Waals surface area contributed by atoms with Gasteiger partial charge >= 0.3 is 12.1 Å². The minimum atomic E-state index is -3.27. The van der Waals surface area contributed by atoms with Gasteiger partial charge in [-0.15, -0.1) is 0 Å². The zero-order chi connectivity index (χ0) is 22.2. The van der Waals surface area contributed by atoms with Crippen LogP contribution in [-0.4, -0.2) is 83.1 Å². The van der Waals surface area contributed by atoms with Gasteiger partial charge in [-0.2, -0.15) is 5.06 Å². The summed E-state index contributed by atoms with van der Waals surface area (Å²) in [5, 5.41) is 11.5. The summed E-state index contributed by atoms with van der Waals surface area (Å²) in [6, 6.07) is -2.38. The maximum Gasteiger partial charge on any atom is 0.410 e. The minimum absolute atomic E-state index is 0.0250. The molecule has 1 N–H and O–H groups in total. The zero-order valence-electron chi connectivity index (χ0n) is 17.5. The average Bonchev–Trinajstić information content (AvgIpc) is 3.10. The van der Waals surface area contributed by atoms with E-state index in [4.69, 9.17) is 14.3 Å². The van der Waals surface area contributed by atoms with Gasteiger partial charge in [0.2, 0.25) is 0 Å². The SMILES string of the molecule is C=CCOC(=O)C(C)(C)C(O)CN1OCC2C1C(F)(F)CN2C(=O)OC(C)(C)C. The molecule has 0 aromatic rings. The number of alkyl halides is 2. The highest BCUT2D eigenvalue weighted by atomic mass is 19.3. The van der Waals surface area contributed by atoms with Gasteiger partial charge in [0.1, 0.15) is 18.2 Å². The van der Waals surface area contributed by atoms with Crippen molar-refractivity contribution in [3.05, 3.63) is 12.7 Å². The number of β-amino-alcohol motifs (C(OH)–C–C–N with tert-alkyl or cyclic N) is 1. The third-order valence-electron chi connectivity index (χ3n) is 4.97. The van der Waals surface area contributed by atoms with Gasteiger partial charge in [0.05, 0.1) is 37.3 Å². The number of nitrogens with zero attached hydrogens (tertiary/aromatic N) is 2. The van der Waals surface area contributed by atoms with Crippen LogP contribution in [-0.2, 0) is 19.1 Å². The predicted octanol–water partition coefficient (Wildman–Crippen LogP) is 1.97. The highest BCUT2D eigenvalue weighted by Crippen LogP contribution is 2.41. The van der Waals surface area contributed by atoms with Crippen molar-refractivity contribution in [3.63, 3.8) is 0 Å². The molecule has 2 saturated heterocycles. The molecule has 0 saturated carbocycles. The second-order valence-electron chi connectivity index (χ2n) is 8.90. The molecule has 2 aliphatic heterocycles. The Kier molecular flexibility index (Phi) is 6.61. The highest BCUT2D eigenvalue weighted by molar-refractivity contribution is 5.76. The van der Waals surface area contributed by atoms with Gasteiger partial charge in [-0.3, -0.25) is 14.5 Å². The van der Waals surface area contributed by atoms with Crippen molar-refractivity contribution in [3.8, 4) is 0 Å². The smallest absolute Gasteiger partial charge is 0.410 e. The summed E-state index contributed by atoms with van der Waals surface area (Å²) in [7, 11) is 0. The lowest BCUT2D eigenvalue weighted by atomic mass is 9.86. The van der Waals surface area contributed by atoms with Crippen molar-refractivity contribution in [2.75, 3.05) is 26.3 Å². The summed E-state index contributed by atoms with van der Waals surface area (Å²) < 4.78 is 39.6. The monoisotopic (exact) mass is 420 g/mol. The molecular formula is C19H30F2N2O6. The molecular weight excluding hydrogens is 390 g/mol. The molecule has 0 aliphatic carbocycles. The molecule has 2 heterocycles. The van der Waals surface area contributed by atoms with Crippen LogP contribution in [0.5, 0.6) is 0 Å². The molecule has 3 atom stereocenters. The third kappa shape index (κ3) is 5.04. The van der Waals surface area contributed by atoms with Gasteiger partial charge in [-0.05, 0) is 34.6 Å². The Labute approximate surface area is 169 Å². The fourth-order valence-corrected chi connectivity index (χ4v) is 3.27. The maximum absolute atomic E-state index is 14.7. The number of hydrogen-bond donors (Lipinski definition) is 1. The van der Waals surface area contributed by atoms with E-state index in [-0.39, 0.29) is 19.8 Å². The number of carbonyl (C=O) groups is 2. The molecule has 0 aromatic carbocycles. The van der Waals surface area contributed by atoms with Crippen LogP contribution >= 0.6 is 0 Å². The Hall–Kier alpha value is -1.78. The fourth-order valence-electron chi connectivity index (χ4n) is 3.27. The van der Waals surface area contributed by atoms with E-state index in [1.54, 1.807) is 20.8 Å². The van der Waals surface area contributed by atoms with Crippen molar-refractivity contribution in [2.24, 2.45) is 5.41 Å². The summed E-state index contributed by atoms with van der Waals surface area (Å²) >= 11 is 0. The van der Waals surface area contributed by atoms with Crippen molar-refractivity contribution in [2.45, 2.75) is 64.3 Å². The van der Waals surface area contributed by atoms with Crippen LogP contribution in [0, 0.1) is 5.41 Å². The molecule has 2 aliphatic rings. The first kappa shape index (κ1) is 23.5. The van der Waals surface area contributed by atoms with E-state index in [0.717, 1.165) is 9.96 Å². The van der Waals surface area contributed by atoms with E-state index in [1.807, 2.05) is 0 Å². The number of ether oxygens (including phenoxy) is 2. The molecule has 0 radical (unpaired) electrons. The third-order valence-corrected chi connectivity index (χ3v) is 4.97. The van der Waals surface area contributed by atoms with Crippen LogP contribution in [0.3, 0.4) is 0 Å². The first-order valence-electron chi connectivity index (χ1n) is 9.44. The van der Waals surface area contributed by atoms with E-state index in [2.05, 4.69) is 6.58 Å². The molecule has 10 heteroatoms. The second kappa shape index (κ2) is 8.16. The van der Waals surface area contributed by atoms with Gasteiger partial charge in [-0.1, -0.05) is 12.7 Å². The molecule has 8 nitrogen and oxygen atoms in total. The van der Waals surface area contributed by atoms with Gasteiger partial charge in [0.25, 0.3) is 5.92 Å². The number of hydroxylamine groups is 2. The molecule has 29 heavy (non-hydrogen) atoms. The number of likely N-dealkylation sites (tertiary alicyclic amines) is 1.